The molecule has 1 aliphatic rings. The Bertz CT molecular complexity index is 1260. The predicted octanol–water partition coefficient (Wildman–Crippen LogP) is 2.35. The summed E-state index contributed by atoms with van der Waals surface area (Å²) < 4.78 is 23.0. The zero-order valence-corrected chi connectivity index (χ0v) is 16.0. The van der Waals surface area contributed by atoms with Gasteiger partial charge in [-0.15, -0.1) is 5.10 Å². The van der Waals surface area contributed by atoms with Crippen LogP contribution in [0.25, 0.3) is 11.2 Å². The lowest BCUT2D eigenvalue weighted by Gasteiger charge is -2.40. The van der Waals surface area contributed by atoms with Crippen LogP contribution in [-0.4, -0.2) is 34.7 Å². The lowest BCUT2D eigenvalue weighted by atomic mass is 9.68. The number of aryl methyl sites for hydroxylation is 1. The van der Waals surface area contributed by atoms with Crippen molar-refractivity contribution in [3.8, 4) is 0 Å². The summed E-state index contributed by atoms with van der Waals surface area (Å²) in [5.41, 5.74) is -0.574. The Morgan fingerprint density at radius 3 is 2.83 bits per heavy atom. The second kappa shape index (κ2) is 6.45. The lowest BCUT2D eigenvalue weighted by Crippen LogP contribution is -2.36. The third kappa shape index (κ3) is 3.00. The highest BCUT2D eigenvalue weighted by molar-refractivity contribution is 6.30. The lowest BCUT2D eigenvalue weighted by molar-refractivity contribution is 0.0336. The first-order valence-electron chi connectivity index (χ1n) is 8.95. The predicted molar refractivity (Wildman–Crippen MR) is 100 cm³/mol. The van der Waals surface area contributed by atoms with Crippen molar-refractivity contribution >= 4 is 22.8 Å². The maximum absolute atomic E-state index is 15.1. The van der Waals surface area contributed by atoms with Gasteiger partial charge in [0.25, 0.3) is 5.56 Å². The Morgan fingerprint density at radius 2 is 2.07 bits per heavy atom. The number of halogens is 2. The van der Waals surface area contributed by atoms with E-state index in [2.05, 4.69) is 25.4 Å². The number of rotatable bonds is 4. The molecule has 0 amide bonds. The van der Waals surface area contributed by atoms with Crippen molar-refractivity contribution in [3.05, 3.63) is 63.2 Å². The minimum atomic E-state index is -1.42. The Kier molecular flexibility index (Phi) is 3.98. The van der Waals surface area contributed by atoms with Crippen LogP contribution >= 0.6 is 11.6 Å². The first kappa shape index (κ1) is 17.9. The first-order chi connectivity index (χ1) is 13.9. The highest BCUT2D eigenvalue weighted by atomic mass is 35.5. The Labute approximate surface area is 168 Å². The monoisotopic (exact) mass is 415 g/mol. The molecule has 0 aliphatic heterocycles. The van der Waals surface area contributed by atoms with E-state index in [9.17, 15) is 4.79 Å². The van der Waals surface area contributed by atoms with Crippen LogP contribution in [0.5, 0.6) is 0 Å². The van der Waals surface area contributed by atoms with Gasteiger partial charge in [0.05, 0.1) is 0 Å². The van der Waals surface area contributed by atoms with Crippen molar-refractivity contribution in [3.63, 3.8) is 0 Å². The summed E-state index contributed by atoms with van der Waals surface area (Å²) >= 11 is 5.87. The van der Waals surface area contributed by atoms with Crippen molar-refractivity contribution < 1.29 is 8.91 Å². The van der Waals surface area contributed by atoms with E-state index in [0.29, 0.717) is 16.4 Å². The average Bonchev–Trinajstić information content (AvgIpc) is 3.29. The summed E-state index contributed by atoms with van der Waals surface area (Å²) in [5.74, 6) is 0.541. The molecule has 1 aromatic carbocycles. The van der Waals surface area contributed by atoms with E-state index in [4.69, 9.17) is 16.1 Å². The summed E-state index contributed by atoms with van der Waals surface area (Å²) in [7, 11) is 1.62. The summed E-state index contributed by atoms with van der Waals surface area (Å²) in [5, 5.41) is 12.1. The average molecular weight is 416 g/mol. The molecule has 0 unspecified atom stereocenters. The molecule has 1 aliphatic carbocycles. The smallest absolute Gasteiger partial charge is 0.281 e. The van der Waals surface area contributed by atoms with Gasteiger partial charge in [-0.05, 0) is 30.5 Å². The zero-order chi connectivity index (χ0) is 20.2. The van der Waals surface area contributed by atoms with Gasteiger partial charge in [-0.1, -0.05) is 34.1 Å². The van der Waals surface area contributed by atoms with E-state index in [1.165, 1.54) is 15.6 Å². The van der Waals surface area contributed by atoms with E-state index < -0.39 is 5.67 Å². The number of alkyl halides is 1. The number of benzene rings is 1. The molecule has 0 radical (unpaired) electrons. The van der Waals surface area contributed by atoms with Gasteiger partial charge in [0, 0.05) is 18.0 Å². The molecule has 9 nitrogen and oxygen atoms in total. The molecule has 148 valence electrons. The van der Waals surface area contributed by atoms with Crippen LogP contribution in [-0.2, 0) is 19.3 Å². The molecule has 3 heterocycles. The number of hydrogen-bond acceptors (Lipinski definition) is 7. The fourth-order valence-electron chi connectivity index (χ4n) is 3.62. The fraction of sp³-hybridized carbons (Fsp3) is 0.333. The van der Waals surface area contributed by atoms with Crippen LogP contribution in [0.4, 0.5) is 4.39 Å². The van der Waals surface area contributed by atoms with E-state index in [-0.39, 0.29) is 47.9 Å². The minimum Gasteiger partial charge on any atom is -0.337 e. The van der Waals surface area contributed by atoms with Crippen LogP contribution in [0.15, 0.2) is 39.9 Å². The van der Waals surface area contributed by atoms with Gasteiger partial charge in [0.1, 0.15) is 18.5 Å². The van der Waals surface area contributed by atoms with Gasteiger partial charge in [-0.3, -0.25) is 9.36 Å². The standard InChI is InChI=1S/C18H15ClFN7O2/c1-26-14-16(23-25-26)21-9-27(17(14)28)8-13-22-15(24-29-13)10-6-18(20,7-10)11-2-4-12(19)5-3-11/h2-5,9-10H,6-8H2,1H3/t10-,18+. The van der Waals surface area contributed by atoms with Gasteiger partial charge in [0.2, 0.25) is 11.5 Å². The topological polar surface area (TPSA) is 105 Å². The normalized spacial score (nSPS) is 21.4. The molecule has 1 saturated carbocycles. The molecule has 3 aromatic heterocycles. The van der Waals surface area contributed by atoms with Crippen molar-refractivity contribution in [2.45, 2.75) is 31.0 Å². The summed E-state index contributed by atoms with van der Waals surface area (Å²) in [6.45, 7) is 0.0601. The highest BCUT2D eigenvalue weighted by Crippen LogP contribution is 2.53. The SMILES string of the molecule is Cn1nnc2ncn(Cc3nc([C@H]4C[C@](F)(c5ccc(Cl)cc5)C4)no3)c(=O)c21. The third-order valence-electron chi connectivity index (χ3n) is 5.25. The van der Waals surface area contributed by atoms with Crippen LogP contribution in [0.3, 0.4) is 0 Å². The molecule has 4 aromatic rings. The van der Waals surface area contributed by atoms with Gasteiger partial charge in [0.15, 0.2) is 11.3 Å². The summed E-state index contributed by atoms with van der Waals surface area (Å²) in [6, 6.07) is 6.75. The van der Waals surface area contributed by atoms with E-state index in [1.54, 1.807) is 31.3 Å². The molecular formula is C18H15ClFN7O2. The second-order valence-corrected chi connectivity index (χ2v) is 7.62. The van der Waals surface area contributed by atoms with Crippen molar-refractivity contribution in [1.29, 1.82) is 0 Å². The Balaban J connectivity index is 1.32. The van der Waals surface area contributed by atoms with Gasteiger partial charge in [-0.25, -0.2) is 14.1 Å². The van der Waals surface area contributed by atoms with Crippen molar-refractivity contribution in [2.75, 3.05) is 0 Å². The molecule has 1 fully saturated rings. The quantitative estimate of drug-likeness (QED) is 0.503. The molecule has 0 bridgehead atoms. The molecule has 0 saturated heterocycles. The molecule has 0 N–H and O–H groups in total. The van der Waals surface area contributed by atoms with Crippen LogP contribution in [0, 0.1) is 0 Å². The van der Waals surface area contributed by atoms with Crippen molar-refractivity contribution in [1.82, 2.24) is 34.7 Å². The maximum atomic E-state index is 15.1. The maximum Gasteiger partial charge on any atom is 0.281 e. The third-order valence-corrected chi connectivity index (χ3v) is 5.50. The van der Waals surface area contributed by atoms with Crippen LogP contribution in [0.2, 0.25) is 5.02 Å². The fourth-order valence-corrected chi connectivity index (χ4v) is 3.75. The molecule has 5 rings (SSSR count). The molecule has 29 heavy (non-hydrogen) atoms. The number of aromatic nitrogens is 7. The highest BCUT2D eigenvalue weighted by Gasteiger charge is 2.48. The summed E-state index contributed by atoms with van der Waals surface area (Å²) in [6.07, 6.45) is 1.89. The van der Waals surface area contributed by atoms with Gasteiger partial charge >= 0.3 is 0 Å². The summed E-state index contributed by atoms with van der Waals surface area (Å²) in [4.78, 5) is 21.0. The van der Waals surface area contributed by atoms with Crippen LogP contribution in [0.1, 0.15) is 36.0 Å². The van der Waals surface area contributed by atoms with E-state index in [0.717, 1.165) is 0 Å². The Morgan fingerprint density at radius 1 is 1.31 bits per heavy atom. The zero-order valence-electron chi connectivity index (χ0n) is 15.3. The van der Waals surface area contributed by atoms with Gasteiger partial charge < -0.3 is 4.52 Å². The second-order valence-electron chi connectivity index (χ2n) is 7.19. The number of nitrogens with zero attached hydrogens (tertiary/aromatic N) is 7. The number of hydrogen-bond donors (Lipinski definition) is 0. The van der Waals surface area contributed by atoms with Gasteiger partial charge in [-0.2, -0.15) is 4.98 Å². The first-order valence-corrected chi connectivity index (χ1v) is 9.33. The van der Waals surface area contributed by atoms with E-state index in [1.807, 2.05) is 0 Å². The minimum absolute atomic E-state index is 0.0601. The van der Waals surface area contributed by atoms with Crippen LogP contribution < -0.4 is 5.56 Å². The molecular weight excluding hydrogens is 401 g/mol. The largest absolute Gasteiger partial charge is 0.337 e. The number of fused-ring (bicyclic) bond motifs is 1. The Hall–Kier alpha value is -3.14. The van der Waals surface area contributed by atoms with Crippen molar-refractivity contribution in [2.24, 2.45) is 7.05 Å². The van der Waals surface area contributed by atoms with E-state index >= 15 is 4.39 Å². The molecule has 0 spiro atoms. The molecule has 11 heteroatoms. The molecule has 0 atom stereocenters.